The van der Waals surface area contributed by atoms with Crippen molar-refractivity contribution in [3.05, 3.63) is 12.3 Å². The lowest BCUT2D eigenvalue weighted by molar-refractivity contribution is -0.384. The van der Waals surface area contributed by atoms with Crippen LogP contribution < -0.4 is 5.73 Å². The molecule has 5 aliphatic rings. The monoisotopic (exact) mass is 789 g/mol. The second-order valence-corrected chi connectivity index (χ2v) is 14.1. The number of hydrogen-bond acceptors (Lipinski definition) is 22. The number of nitrogens with two attached hydrogens (primary N) is 1. The first-order chi connectivity index (χ1) is 25.6. The fourth-order valence-corrected chi connectivity index (χ4v) is 7.07. The Morgan fingerprint density at radius 1 is 0.519 bits per heavy atom. The summed E-state index contributed by atoms with van der Waals surface area (Å²) in [5.41, 5.74) is 6.64. The highest BCUT2D eigenvalue weighted by Crippen LogP contribution is 2.35. The summed E-state index contributed by atoms with van der Waals surface area (Å²) in [6.07, 6.45) is -29.3. The zero-order valence-corrected chi connectivity index (χ0v) is 29.6. The molecule has 4 saturated heterocycles. The van der Waals surface area contributed by atoms with Gasteiger partial charge < -0.3 is 110 Å². The van der Waals surface area contributed by atoms with Crippen LogP contribution in [0.1, 0.15) is 20.3 Å². The molecule has 4 fully saturated rings. The van der Waals surface area contributed by atoms with Crippen LogP contribution in [-0.4, -0.2) is 229 Å². The van der Waals surface area contributed by atoms with E-state index in [-0.39, 0.29) is 13.0 Å². The van der Waals surface area contributed by atoms with E-state index >= 15 is 0 Å². The van der Waals surface area contributed by atoms with Gasteiger partial charge in [-0.05, 0) is 26.3 Å². The van der Waals surface area contributed by atoms with Crippen LogP contribution in [0.4, 0.5) is 0 Å². The highest BCUT2D eigenvalue weighted by molar-refractivity contribution is 5.02. The van der Waals surface area contributed by atoms with E-state index in [1.807, 2.05) is 0 Å². The highest BCUT2D eigenvalue weighted by Gasteiger charge is 2.54. The average molecular weight is 790 g/mol. The summed E-state index contributed by atoms with van der Waals surface area (Å²) in [5, 5.41) is 125. The second-order valence-electron chi connectivity index (χ2n) is 14.1. The van der Waals surface area contributed by atoms with E-state index in [0.717, 1.165) is 0 Å². The maximum absolute atomic E-state index is 11.2. The third kappa shape index (κ3) is 9.20. The summed E-state index contributed by atoms with van der Waals surface area (Å²) < 4.78 is 52.4. The van der Waals surface area contributed by atoms with Gasteiger partial charge in [0.2, 0.25) is 0 Å². The Morgan fingerprint density at radius 2 is 1.09 bits per heavy atom. The van der Waals surface area contributed by atoms with E-state index in [0.29, 0.717) is 0 Å². The number of aliphatic hydroxyl groups excluding tert-OH is 12. The van der Waals surface area contributed by atoms with Crippen LogP contribution in [0.15, 0.2) is 12.3 Å². The van der Waals surface area contributed by atoms with Crippen molar-refractivity contribution in [2.45, 2.75) is 161 Å². The summed E-state index contributed by atoms with van der Waals surface area (Å²) in [7, 11) is 0. The predicted octanol–water partition coefficient (Wildman–Crippen LogP) is -7.64. The van der Waals surface area contributed by atoms with Crippen molar-refractivity contribution >= 4 is 0 Å². The van der Waals surface area contributed by atoms with E-state index in [9.17, 15) is 61.3 Å². The Labute approximate surface area is 309 Å². The quantitative estimate of drug-likeness (QED) is 0.0824. The van der Waals surface area contributed by atoms with Gasteiger partial charge in [-0.3, -0.25) is 0 Å². The molecule has 5 heterocycles. The summed E-state index contributed by atoms with van der Waals surface area (Å²) in [6, 6.07) is -1.31. The van der Waals surface area contributed by atoms with E-state index < -0.39 is 161 Å². The maximum Gasteiger partial charge on any atom is 0.187 e. The van der Waals surface area contributed by atoms with Gasteiger partial charge in [-0.25, -0.2) is 0 Å². The summed E-state index contributed by atoms with van der Waals surface area (Å²) in [6.45, 7) is 0.501. The molecule has 0 aromatic rings. The summed E-state index contributed by atoms with van der Waals surface area (Å²) in [4.78, 5) is 0. The normalized spacial score (nSPS) is 51.5. The lowest BCUT2D eigenvalue weighted by Gasteiger charge is -2.49. The molecule has 0 aliphatic carbocycles. The molecular formula is C32H55NO21. The first kappa shape index (κ1) is 43.8. The minimum absolute atomic E-state index is 0.0621. The molecule has 5 aliphatic heterocycles. The minimum Gasteiger partial charge on any atom is -0.493 e. The largest absolute Gasteiger partial charge is 0.493 e. The smallest absolute Gasteiger partial charge is 0.187 e. The Morgan fingerprint density at radius 3 is 1.74 bits per heavy atom. The number of rotatable bonds is 13. The van der Waals surface area contributed by atoms with Gasteiger partial charge in [-0.2, -0.15) is 0 Å². The second kappa shape index (κ2) is 19.0. The lowest BCUT2D eigenvalue weighted by Crippen LogP contribution is -2.68. The fourth-order valence-electron chi connectivity index (χ4n) is 7.07. The van der Waals surface area contributed by atoms with Crippen LogP contribution in [0.3, 0.4) is 0 Å². The summed E-state index contributed by atoms with van der Waals surface area (Å²) >= 11 is 0. The Hall–Kier alpha value is -1.30. The maximum atomic E-state index is 11.2. The van der Waals surface area contributed by atoms with E-state index in [1.54, 1.807) is 0 Å². The molecule has 0 saturated carbocycles. The molecule has 0 spiro atoms. The van der Waals surface area contributed by atoms with Gasteiger partial charge in [0.1, 0.15) is 97.7 Å². The molecule has 0 amide bonds. The molecule has 5 rings (SSSR count). The first-order valence-corrected chi connectivity index (χ1v) is 17.9. The van der Waals surface area contributed by atoms with Crippen LogP contribution in [0.25, 0.3) is 0 Å². The molecule has 22 nitrogen and oxygen atoms in total. The van der Waals surface area contributed by atoms with Gasteiger partial charge in [-0.15, -0.1) is 0 Å². The van der Waals surface area contributed by atoms with Crippen LogP contribution in [-0.2, 0) is 42.6 Å². The van der Waals surface area contributed by atoms with Crippen LogP contribution in [0.5, 0.6) is 0 Å². The topological polar surface area (TPSA) is 352 Å². The van der Waals surface area contributed by atoms with Crippen LogP contribution in [0, 0.1) is 0 Å². The molecular weight excluding hydrogens is 734 g/mol. The predicted molar refractivity (Wildman–Crippen MR) is 172 cm³/mol. The molecule has 14 unspecified atom stereocenters. The number of hydrogen-bond donors (Lipinski definition) is 13. The van der Waals surface area contributed by atoms with Crippen molar-refractivity contribution in [2.75, 3.05) is 26.4 Å². The first-order valence-electron chi connectivity index (χ1n) is 17.9. The zero-order valence-electron chi connectivity index (χ0n) is 29.6. The Balaban J connectivity index is 1.40. The van der Waals surface area contributed by atoms with Crippen molar-refractivity contribution in [3.8, 4) is 0 Å². The lowest BCUT2D eigenvalue weighted by atomic mass is 9.94. The summed E-state index contributed by atoms with van der Waals surface area (Å²) in [5.74, 6) is 0. The van der Waals surface area contributed by atoms with Gasteiger partial charge in [0.25, 0.3) is 0 Å². The highest BCUT2D eigenvalue weighted by atomic mass is 16.8. The van der Waals surface area contributed by atoms with E-state index in [4.69, 9.17) is 48.4 Å². The van der Waals surface area contributed by atoms with Gasteiger partial charge in [0.15, 0.2) is 18.9 Å². The van der Waals surface area contributed by atoms with Crippen LogP contribution in [0.2, 0.25) is 0 Å². The average Bonchev–Trinajstić information content (AvgIpc) is 3.16. The SMILES string of the molecule is CC1O[C@H](CCOC2C(N)[C@H](OC3C=COC(CO)[C@@H]3O)OC(CO)[C@@H]2O[C@@H]2OC(CO)[C@H](O)C(O)C2O[C@@H]2OC(C)[C@H](O)C(O)C2O)C(O)C(O)[C@@H]1O. The van der Waals surface area contributed by atoms with Gasteiger partial charge in [0, 0.05) is 6.61 Å². The Bertz CT molecular complexity index is 1190. The molecule has 0 bridgehead atoms. The van der Waals surface area contributed by atoms with Crippen molar-refractivity contribution < 1.29 is 104 Å². The van der Waals surface area contributed by atoms with Crippen molar-refractivity contribution in [1.29, 1.82) is 0 Å². The van der Waals surface area contributed by atoms with Crippen molar-refractivity contribution in [1.82, 2.24) is 0 Å². The molecule has 22 heteroatoms. The van der Waals surface area contributed by atoms with Gasteiger partial charge in [-0.1, -0.05) is 0 Å². The molecule has 23 atom stereocenters. The van der Waals surface area contributed by atoms with Crippen LogP contribution >= 0.6 is 0 Å². The number of aliphatic hydroxyl groups is 12. The molecule has 0 aromatic carbocycles. The third-order valence-corrected chi connectivity index (χ3v) is 10.5. The molecule has 314 valence electrons. The van der Waals surface area contributed by atoms with Gasteiger partial charge >= 0.3 is 0 Å². The van der Waals surface area contributed by atoms with Crippen molar-refractivity contribution in [3.63, 3.8) is 0 Å². The standard InChI is InChI=1S/C32H55NO21/c1-10-18(37)23(42)21(40)13(48-10)4-6-47-28-17(33)30(50-12-3-5-46-14(7-34)20(12)39)52-16(9-36)27(28)53-32-29(25(44)22(41)15(8-35)51-32)54-31-26(45)24(43)19(38)11(2)49-31/h3,5,10-32,34-45H,4,6-9,33H2,1-2H3/t10?,11?,12?,13-,14?,15?,16?,17?,18-,19+,20-,21?,22+,23?,24?,25?,26?,27+,28?,29?,30-,31+,32+/m1/s1. The van der Waals surface area contributed by atoms with E-state index in [2.05, 4.69) is 0 Å². The van der Waals surface area contributed by atoms with Crippen molar-refractivity contribution in [2.24, 2.45) is 5.73 Å². The number of ether oxygens (including phenoxy) is 9. The molecule has 14 N–H and O–H groups in total. The molecule has 0 aromatic heterocycles. The third-order valence-electron chi connectivity index (χ3n) is 10.5. The molecule has 54 heavy (non-hydrogen) atoms. The fraction of sp³-hybridized carbons (Fsp3) is 0.938. The van der Waals surface area contributed by atoms with E-state index in [1.165, 1.54) is 26.2 Å². The zero-order chi connectivity index (χ0) is 39.6. The minimum atomic E-state index is -1.88. The Kier molecular flexibility index (Phi) is 15.4. The molecule has 0 radical (unpaired) electrons. The van der Waals surface area contributed by atoms with Gasteiger partial charge in [0.05, 0.1) is 50.4 Å².